The van der Waals surface area contributed by atoms with E-state index in [2.05, 4.69) is 4.72 Å². The number of carbonyl (C=O) groups excluding carboxylic acids is 1. The first-order valence-corrected chi connectivity index (χ1v) is 9.25. The number of nitrogens with zero attached hydrogens (tertiary/aromatic N) is 1. The van der Waals surface area contributed by atoms with Gasteiger partial charge in [0.1, 0.15) is 0 Å². The fraction of sp³-hybridized carbons (Fsp3) is 0.562. The topological polar surface area (TPSA) is 66.5 Å². The fourth-order valence-electron chi connectivity index (χ4n) is 2.20. The van der Waals surface area contributed by atoms with Crippen LogP contribution in [0.5, 0.6) is 0 Å². The maximum atomic E-state index is 11.9. The van der Waals surface area contributed by atoms with Crippen LogP contribution in [-0.4, -0.2) is 33.2 Å². The van der Waals surface area contributed by atoms with Gasteiger partial charge in [-0.3, -0.25) is 4.79 Å². The minimum Gasteiger partial charge on any atom is -0.311 e. The van der Waals surface area contributed by atoms with E-state index in [0.29, 0.717) is 13.0 Å². The van der Waals surface area contributed by atoms with Crippen LogP contribution in [0.15, 0.2) is 18.2 Å². The third kappa shape index (κ3) is 5.42. The molecule has 22 heavy (non-hydrogen) atoms. The molecule has 0 bridgehead atoms. The molecule has 6 heteroatoms. The van der Waals surface area contributed by atoms with Crippen LogP contribution in [0.1, 0.15) is 37.8 Å². The minimum absolute atomic E-state index is 0.0959. The first-order valence-electron chi connectivity index (χ1n) is 7.60. The highest BCUT2D eigenvalue weighted by atomic mass is 32.2. The standard InChI is InChI=1S/C16H26N2O3S/c1-5-6-12-22(20,21)17-10-11-18(15(4)19)16-9-7-8-13(2)14(16)3/h7-9,17H,5-6,10-12H2,1-4H3. The summed E-state index contributed by atoms with van der Waals surface area (Å²) < 4.78 is 26.1. The van der Waals surface area contributed by atoms with Crippen molar-refractivity contribution in [3.63, 3.8) is 0 Å². The Bertz CT molecular complexity index is 612. The van der Waals surface area contributed by atoms with Crippen LogP contribution in [0, 0.1) is 13.8 Å². The van der Waals surface area contributed by atoms with Gasteiger partial charge < -0.3 is 4.90 Å². The molecule has 0 atom stereocenters. The number of anilines is 1. The second kappa shape index (κ2) is 8.29. The second-order valence-corrected chi connectivity index (χ2v) is 7.38. The van der Waals surface area contributed by atoms with E-state index < -0.39 is 10.0 Å². The molecular weight excluding hydrogens is 300 g/mol. The lowest BCUT2D eigenvalue weighted by Crippen LogP contribution is -2.38. The molecule has 0 fully saturated rings. The van der Waals surface area contributed by atoms with Crippen molar-refractivity contribution < 1.29 is 13.2 Å². The molecule has 0 unspecified atom stereocenters. The van der Waals surface area contributed by atoms with E-state index in [1.54, 1.807) is 4.90 Å². The van der Waals surface area contributed by atoms with E-state index in [0.717, 1.165) is 23.2 Å². The summed E-state index contributed by atoms with van der Waals surface area (Å²) in [6.07, 6.45) is 1.48. The number of unbranched alkanes of at least 4 members (excludes halogenated alkanes) is 1. The zero-order valence-corrected chi connectivity index (χ0v) is 14.7. The number of rotatable bonds is 8. The van der Waals surface area contributed by atoms with Crippen LogP contribution in [0.2, 0.25) is 0 Å². The maximum Gasteiger partial charge on any atom is 0.223 e. The number of aryl methyl sites for hydroxylation is 1. The molecule has 0 saturated carbocycles. The molecule has 0 heterocycles. The van der Waals surface area contributed by atoms with Gasteiger partial charge in [-0.25, -0.2) is 13.1 Å². The SMILES string of the molecule is CCCCS(=O)(=O)NCCN(C(C)=O)c1cccc(C)c1C. The Labute approximate surface area is 133 Å². The molecule has 0 aliphatic heterocycles. The van der Waals surface area contributed by atoms with Crippen LogP contribution in [0.25, 0.3) is 0 Å². The number of hydrogen-bond donors (Lipinski definition) is 1. The number of carbonyl (C=O) groups is 1. The normalized spacial score (nSPS) is 11.5. The molecule has 0 radical (unpaired) electrons. The van der Waals surface area contributed by atoms with E-state index in [-0.39, 0.29) is 18.2 Å². The summed E-state index contributed by atoms with van der Waals surface area (Å²) in [6, 6.07) is 5.78. The van der Waals surface area contributed by atoms with Gasteiger partial charge in [0, 0.05) is 25.7 Å². The van der Waals surface area contributed by atoms with Gasteiger partial charge in [-0.2, -0.15) is 0 Å². The lowest BCUT2D eigenvalue weighted by atomic mass is 10.1. The van der Waals surface area contributed by atoms with Crippen LogP contribution in [0.4, 0.5) is 5.69 Å². The summed E-state index contributed by atoms with van der Waals surface area (Å²) in [5.41, 5.74) is 2.97. The number of sulfonamides is 1. The summed E-state index contributed by atoms with van der Waals surface area (Å²) in [7, 11) is -3.25. The third-order valence-electron chi connectivity index (χ3n) is 3.67. The van der Waals surface area contributed by atoms with Crippen LogP contribution in [0.3, 0.4) is 0 Å². The van der Waals surface area contributed by atoms with Crippen molar-refractivity contribution in [1.29, 1.82) is 0 Å². The van der Waals surface area contributed by atoms with Gasteiger partial charge in [-0.05, 0) is 37.5 Å². The van der Waals surface area contributed by atoms with E-state index in [1.165, 1.54) is 6.92 Å². The molecule has 1 aromatic rings. The largest absolute Gasteiger partial charge is 0.311 e. The van der Waals surface area contributed by atoms with E-state index in [4.69, 9.17) is 0 Å². The molecule has 5 nitrogen and oxygen atoms in total. The van der Waals surface area contributed by atoms with Gasteiger partial charge in [-0.15, -0.1) is 0 Å². The second-order valence-electron chi connectivity index (χ2n) is 5.46. The van der Waals surface area contributed by atoms with Crippen LogP contribution < -0.4 is 9.62 Å². The van der Waals surface area contributed by atoms with Gasteiger partial charge in [0.2, 0.25) is 15.9 Å². The van der Waals surface area contributed by atoms with Crippen molar-refractivity contribution in [2.45, 2.75) is 40.5 Å². The molecule has 1 aromatic carbocycles. The summed E-state index contributed by atoms with van der Waals surface area (Å²) in [6.45, 7) is 7.95. The Hall–Kier alpha value is -1.40. The van der Waals surface area contributed by atoms with Crippen LogP contribution in [-0.2, 0) is 14.8 Å². The lowest BCUT2D eigenvalue weighted by molar-refractivity contribution is -0.116. The Morgan fingerprint density at radius 2 is 1.95 bits per heavy atom. The summed E-state index contributed by atoms with van der Waals surface area (Å²) in [5.74, 6) is 0.0361. The molecule has 1 amide bonds. The Morgan fingerprint density at radius 3 is 2.55 bits per heavy atom. The molecule has 1 rings (SSSR count). The summed E-state index contributed by atoms with van der Waals surface area (Å²) in [5, 5.41) is 0. The minimum atomic E-state index is -3.25. The van der Waals surface area contributed by atoms with E-state index >= 15 is 0 Å². The van der Waals surface area contributed by atoms with Crippen molar-refractivity contribution in [3.8, 4) is 0 Å². The zero-order valence-electron chi connectivity index (χ0n) is 13.8. The van der Waals surface area contributed by atoms with Gasteiger partial charge in [0.05, 0.1) is 5.75 Å². The van der Waals surface area contributed by atoms with Crippen molar-refractivity contribution in [1.82, 2.24) is 4.72 Å². The maximum absolute atomic E-state index is 11.9. The smallest absolute Gasteiger partial charge is 0.223 e. The number of hydrogen-bond acceptors (Lipinski definition) is 3. The lowest BCUT2D eigenvalue weighted by Gasteiger charge is -2.24. The molecule has 0 spiro atoms. The first kappa shape index (κ1) is 18.6. The molecule has 1 N–H and O–H groups in total. The fourth-order valence-corrected chi connectivity index (χ4v) is 3.41. The quantitative estimate of drug-likeness (QED) is 0.797. The highest BCUT2D eigenvalue weighted by Gasteiger charge is 2.16. The Morgan fingerprint density at radius 1 is 1.27 bits per heavy atom. The van der Waals surface area contributed by atoms with Crippen molar-refractivity contribution in [2.24, 2.45) is 0 Å². The highest BCUT2D eigenvalue weighted by Crippen LogP contribution is 2.22. The monoisotopic (exact) mass is 326 g/mol. The van der Waals surface area contributed by atoms with Gasteiger partial charge in [0.15, 0.2) is 0 Å². The van der Waals surface area contributed by atoms with Crippen molar-refractivity contribution in [3.05, 3.63) is 29.3 Å². The van der Waals surface area contributed by atoms with Gasteiger partial charge in [0.25, 0.3) is 0 Å². The predicted octanol–water partition coefficient (Wildman–Crippen LogP) is 2.38. The van der Waals surface area contributed by atoms with Crippen molar-refractivity contribution in [2.75, 3.05) is 23.7 Å². The number of benzene rings is 1. The highest BCUT2D eigenvalue weighted by molar-refractivity contribution is 7.89. The van der Waals surface area contributed by atoms with Gasteiger partial charge >= 0.3 is 0 Å². The zero-order chi connectivity index (χ0) is 16.8. The number of nitrogens with one attached hydrogen (secondary N) is 1. The summed E-state index contributed by atoms with van der Waals surface area (Å²) in [4.78, 5) is 13.5. The predicted molar refractivity (Wildman–Crippen MR) is 90.6 cm³/mol. The Kier molecular flexibility index (Phi) is 7.03. The third-order valence-corrected chi connectivity index (χ3v) is 5.14. The Balaban J connectivity index is 2.75. The average molecular weight is 326 g/mol. The van der Waals surface area contributed by atoms with E-state index in [9.17, 15) is 13.2 Å². The van der Waals surface area contributed by atoms with Crippen molar-refractivity contribution >= 4 is 21.6 Å². The molecule has 0 aliphatic rings. The van der Waals surface area contributed by atoms with Crippen LogP contribution >= 0.6 is 0 Å². The molecule has 0 saturated heterocycles. The number of amides is 1. The molecular formula is C16H26N2O3S. The average Bonchev–Trinajstić information content (AvgIpc) is 2.45. The molecule has 124 valence electrons. The molecule has 0 aliphatic carbocycles. The van der Waals surface area contributed by atoms with Gasteiger partial charge in [-0.1, -0.05) is 25.5 Å². The summed E-state index contributed by atoms with van der Waals surface area (Å²) >= 11 is 0. The first-order chi connectivity index (χ1) is 10.3. The molecule has 0 aromatic heterocycles. The van der Waals surface area contributed by atoms with E-state index in [1.807, 2.05) is 39.0 Å².